The van der Waals surface area contributed by atoms with Crippen LogP contribution < -0.4 is 42.4 Å². The Labute approximate surface area is 189 Å². The van der Waals surface area contributed by atoms with Gasteiger partial charge in [-0.2, -0.15) is 11.1 Å². The molecule has 2 aliphatic carbocycles. The molecule has 0 radical (unpaired) electrons. The Bertz CT molecular complexity index is 551. The molecule has 0 aliphatic heterocycles. The molecule has 1 atom stereocenters. The third kappa shape index (κ3) is 7.56. The molecule has 136 valence electrons. The second kappa shape index (κ2) is 13.6. The molecular weight excluding hydrogens is 423 g/mol. The van der Waals surface area contributed by atoms with E-state index in [9.17, 15) is 0 Å². The third-order valence-corrected chi connectivity index (χ3v) is 7.42. The van der Waals surface area contributed by atoms with Gasteiger partial charge in [-0.3, -0.25) is 6.08 Å². The van der Waals surface area contributed by atoms with Crippen LogP contribution in [0.3, 0.4) is 0 Å². The number of benzene rings is 1. The van der Waals surface area contributed by atoms with Crippen LogP contribution in [0.25, 0.3) is 0 Å². The van der Waals surface area contributed by atoms with Gasteiger partial charge in [0.25, 0.3) is 0 Å². The summed E-state index contributed by atoms with van der Waals surface area (Å²) in [6.07, 6.45) is 12.4. The SMILES string of the molecule is CC1=[C-]C([SiH2]c2ccccc2)C(CC2CCCCC2)=C1C.[Cl-].[Cl-].[Cl-].[Ti+4]. The van der Waals surface area contributed by atoms with E-state index in [0.29, 0.717) is 5.54 Å². The summed E-state index contributed by atoms with van der Waals surface area (Å²) in [6.45, 7) is 4.59. The number of hydrogen-bond donors (Lipinski definition) is 0. The van der Waals surface area contributed by atoms with Gasteiger partial charge in [0.1, 0.15) is 0 Å². The molecule has 1 aromatic rings. The van der Waals surface area contributed by atoms with E-state index in [4.69, 9.17) is 0 Å². The van der Waals surface area contributed by atoms with Crippen LogP contribution in [0.15, 0.2) is 47.1 Å². The van der Waals surface area contributed by atoms with E-state index >= 15 is 0 Å². The van der Waals surface area contributed by atoms with Gasteiger partial charge in [-0.15, -0.1) is 6.92 Å². The van der Waals surface area contributed by atoms with E-state index in [1.165, 1.54) is 44.1 Å². The molecule has 3 rings (SSSR count). The van der Waals surface area contributed by atoms with Crippen LogP contribution in [0.2, 0.25) is 5.54 Å². The van der Waals surface area contributed by atoms with E-state index in [-0.39, 0.29) is 68.5 Å². The van der Waals surface area contributed by atoms with E-state index in [1.54, 1.807) is 16.3 Å². The second-order valence-corrected chi connectivity index (χ2v) is 8.91. The molecule has 0 aromatic heterocycles. The van der Waals surface area contributed by atoms with Crippen molar-refractivity contribution >= 4 is 14.7 Å². The molecule has 0 amide bonds. The topological polar surface area (TPSA) is 0 Å². The minimum Gasteiger partial charge on any atom is -1.00 e. The van der Waals surface area contributed by atoms with Crippen molar-refractivity contribution in [1.82, 2.24) is 0 Å². The van der Waals surface area contributed by atoms with Crippen LogP contribution >= 0.6 is 0 Å². The van der Waals surface area contributed by atoms with Crippen molar-refractivity contribution in [2.24, 2.45) is 5.92 Å². The molecule has 0 bridgehead atoms. The van der Waals surface area contributed by atoms with Gasteiger partial charge >= 0.3 is 21.7 Å². The molecule has 1 aromatic carbocycles. The van der Waals surface area contributed by atoms with Crippen molar-refractivity contribution in [1.29, 1.82) is 0 Å². The Hall–Kier alpha value is 0.501. The summed E-state index contributed by atoms with van der Waals surface area (Å²) in [7, 11) is -0.282. The quantitative estimate of drug-likeness (QED) is 0.320. The fraction of sp³-hybridized carbons (Fsp3) is 0.500. The largest absolute Gasteiger partial charge is 4.00 e. The zero-order valence-electron chi connectivity index (χ0n) is 15.1. The van der Waals surface area contributed by atoms with Crippen LogP contribution in [-0.2, 0) is 21.7 Å². The number of rotatable bonds is 4. The number of halogens is 3. The smallest absolute Gasteiger partial charge is 1.00 e. The van der Waals surface area contributed by atoms with Gasteiger partial charge < -0.3 is 37.2 Å². The minimum absolute atomic E-state index is 0. The van der Waals surface area contributed by atoms with E-state index < -0.39 is 0 Å². The van der Waals surface area contributed by atoms with E-state index in [1.807, 2.05) is 0 Å². The van der Waals surface area contributed by atoms with Crippen LogP contribution in [0.5, 0.6) is 0 Å². The van der Waals surface area contributed by atoms with Gasteiger partial charge in [-0.25, -0.2) is 5.57 Å². The fourth-order valence-corrected chi connectivity index (χ4v) is 6.12. The van der Waals surface area contributed by atoms with Crippen molar-refractivity contribution in [2.45, 2.75) is 57.9 Å². The molecular formula is C20H27Cl3SiTi. The molecule has 1 fully saturated rings. The Morgan fingerprint density at radius 3 is 2.16 bits per heavy atom. The van der Waals surface area contributed by atoms with Gasteiger partial charge in [0, 0.05) is 9.52 Å². The Morgan fingerprint density at radius 2 is 1.56 bits per heavy atom. The zero-order valence-corrected chi connectivity index (χ0v) is 20.4. The molecule has 1 saturated carbocycles. The molecule has 25 heavy (non-hydrogen) atoms. The van der Waals surface area contributed by atoms with E-state index in [0.717, 1.165) is 5.92 Å². The van der Waals surface area contributed by atoms with Crippen LogP contribution in [0, 0.1) is 12.0 Å². The maximum absolute atomic E-state index is 3.80. The summed E-state index contributed by atoms with van der Waals surface area (Å²) in [5.74, 6) is 0.948. The van der Waals surface area contributed by atoms with E-state index in [2.05, 4.69) is 50.3 Å². The van der Waals surface area contributed by atoms with Gasteiger partial charge in [-0.1, -0.05) is 80.1 Å². The van der Waals surface area contributed by atoms with Crippen molar-refractivity contribution in [3.63, 3.8) is 0 Å². The molecule has 1 unspecified atom stereocenters. The fourth-order valence-electron chi connectivity index (χ4n) is 3.98. The standard InChI is InChI=1S/C20H27Si.3ClH.Ti/c1-15-13-20(21-18-11-7-4-8-12-18)19(16(15)2)14-17-9-5-3-6-10-17;;;;/h4,7-8,11-12,17,20H,3,5-6,9-10,14,21H2,1-2H3;3*1H;/q-1;;;;+4/p-3. The van der Waals surface area contributed by atoms with Crippen molar-refractivity contribution in [3.05, 3.63) is 53.1 Å². The average Bonchev–Trinajstić information content (AvgIpc) is 2.77. The first-order chi connectivity index (χ1) is 10.2. The molecule has 2 aliphatic rings. The number of hydrogen-bond acceptors (Lipinski definition) is 0. The van der Waals surface area contributed by atoms with Crippen molar-refractivity contribution in [3.8, 4) is 0 Å². The molecule has 0 saturated heterocycles. The van der Waals surface area contributed by atoms with Crippen LogP contribution in [0.1, 0.15) is 52.4 Å². The first-order valence-electron chi connectivity index (χ1n) is 8.58. The summed E-state index contributed by atoms with van der Waals surface area (Å²) < 4.78 is 0. The van der Waals surface area contributed by atoms with Crippen molar-refractivity contribution in [2.75, 3.05) is 0 Å². The molecule has 0 spiro atoms. The maximum Gasteiger partial charge on any atom is 4.00 e. The summed E-state index contributed by atoms with van der Waals surface area (Å²) in [6, 6.07) is 11.1. The van der Waals surface area contributed by atoms with Crippen LogP contribution in [0.4, 0.5) is 0 Å². The molecule has 0 nitrogen and oxygen atoms in total. The zero-order chi connectivity index (χ0) is 14.7. The maximum atomic E-state index is 3.80. The first-order valence-corrected chi connectivity index (χ1v) is 10.1. The minimum atomic E-state index is -0.282. The summed E-state index contributed by atoms with van der Waals surface area (Å²) in [5, 5.41) is 1.58. The van der Waals surface area contributed by atoms with Gasteiger partial charge in [0.05, 0.1) is 0 Å². The average molecular weight is 450 g/mol. The molecule has 0 heterocycles. The monoisotopic (exact) mass is 448 g/mol. The van der Waals surface area contributed by atoms with Gasteiger partial charge in [0.2, 0.25) is 0 Å². The summed E-state index contributed by atoms with van der Waals surface area (Å²) >= 11 is 0. The Balaban J connectivity index is 0. The predicted octanol–water partition coefficient (Wildman–Crippen LogP) is -4.67. The summed E-state index contributed by atoms with van der Waals surface area (Å²) in [4.78, 5) is 0. The Kier molecular flexibility index (Phi) is 15.1. The number of allylic oxidation sites excluding steroid dienone is 4. The summed E-state index contributed by atoms with van der Waals surface area (Å²) in [5.41, 5.74) is 5.40. The Morgan fingerprint density at radius 1 is 0.960 bits per heavy atom. The van der Waals surface area contributed by atoms with Gasteiger partial charge in [0.15, 0.2) is 0 Å². The first kappa shape index (κ1) is 27.7. The second-order valence-electron chi connectivity index (χ2n) is 6.87. The van der Waals surface area contributed by atoms with Crippen LogP contribution in [-0.4, -0.2) is 9.52 Å². The molecule has 5 heteroatoms. The normalized spacial score (nSPS) is 20.2. The van der Waals surface area contributed by atoms with Gasteiger partial charge in [-0.05, 0) is 12.3 Å². The molecule has 0 N–H and O–H groups in total. The predicted molar refractivity (Wildman–Crippen MR) is 94.7 cm³/mol. The van der Waals surface area contributed by atoms with Crippen molar-refractivity contribution < 1.29 is 58.9 Å². The third-order valence-electron chi connectivity index (χ3n) is 5.37.